The van der Waals surface area contributed by atoms with E-state index in [1.807, 2.05) is 12.1 Å². The fraction of sp³-hybridized carbons (Fsp3) is 0.538. The van der Waals surface area contributed by atoms with Crippen LogP contribution < -0.4 is 9.64 Å². The molecular weight excluding hydrogens is 222 g/mol. The Labute approximate surface area is 102 Å². The van der Waals surface area contributed by atoms with E-state index in [4.69, 9.17) is 16.3 Å². The van der Waals surface area contributed by atoms with Crippen LogP contribution in [0, 0.1) is 0 Å². The average molecular weight is 240 g/mol. The summed E-state index contributed by atoms with van der Waals surface area (Å²) in [4.78, 5) is 2.37. The predicted octanol–water partition coefficient (Wildman–Crippen LogP) is 3.73. The Morgan fingerprint density at radius 1 is 1.31 bits per heavy atom. The molecule has 1 heterocycles. The molecule has 0 spiro atoms. The lowest BCUT2D eigenvalue weighted by Gasteiger charge is -2.18. The summed E-state index contributed by atoms with van der Waals surface area (Å²) in [7, 11) is 0. The van der Waals surface area contributed by atoms with Crippen LogP contribution >= 0.6 is 11.6 Å². The van der Waals surface area contributed by atoms with Gasteiger partial charge in [-0.3, -0.25) is 0 Å². The summed E-state index contributed by atoms with van der Waals surface area (Å²) in [5.74, 6) is 0.798. The SMILES string of the molecule is CCCOc1ccc(N2CCCC2)cc1Cl. The summed E-state index contributed by atoms with van der Waals surface area (Å²) in [6.45, 7) is 5.10. The minimum atomic E-state index is 0.720. The third-order valence-electron chi connectivity index (χ3n) is 2.85. The minimum absolute atomic E-state index is 0.720. The van der Waals surface area contributed by atoms with E-state index in [0.717, 1.165) is 36.9 Å². The molecule has 0 amide bonds. The van der Waals surface area contributed by atoms with E-state index in [-0.39, 0.29) is 0 Å². The highest BCUT2D eigenvalue weighted by atomic mass is 35.5. The molecule has 0 aromatic heterocycles. The first-order valence-corrected chi connectivity index (χ1v) is 6.36. The molecule has 0 unspecified atom stereocenters. The van der Waals surface area contributed by atoms with Crippen molar-refractivity contribution >= 4 is 17.3 Å². The Bertz CT molecular complexity index is 348. The lowest BCUT2D eigenvalue weighted by Crippen LogP contribution is -2.17. The zero-order valence-electron chi connectivity index (χ0n) is 9.71. The molecule has 0 atom stereocenters. The molecule has 0 aliphatic carbocycles. The highest BCUT2D eigenvalue weighted by Crippen LogP contribution is 2.30. The average Bonchev–Trinajstić information content (AvgIpc) is 2.81. The minimum Gasteiger partial charge on any atom is -0.492 e. The summed E-state index contributed by atoms with van der Waals surface area (Å²) in [6.07, 6.45) is 3.57. The maximum atomic E-state index is 6.19. The molecule has 1 aromatic carbocycles. The molecule has 0 radical (unpaired) electrons. The third-order valence-corrected chi connectivity index (χ3v) is 3.14. The van der Waals surface area contributed by atoms with Crippen LogP contribution in [0.3, 0.4) is 0 Å². The van der Waals surface area contributed by atoms with Crippen LogP contribution in [0.2, 0.25) is 5.02 Å². The molecule has 1 fully saturated rings. The van der Waals surface area contributed by atoms with Crippen LogP contribution in [0.4, 0.5) is 5.69 Å². The number of benzene rings is 1. The highest BCUT2D eigenvalue weighted by molar-refractivity contribution is 6.32. The van der Waals surface area contributed by atoms with Crippen molar-refractivity contribution in [3.05, 3.63) is 23.2 Å². The van der Waals surface area contributed by atoms with Gasteiger partial charge in [0.25, 0.3) is 0 Å². The number of hydrogen-bond donors (Lipinski definition) is 0. The summed E-state index contributed by atoms with van der Waals surface area (Å²) < 4.78 is 5.55. The van der Waals surface area contributed by atoms with Crippen LogP contribution in [-0.4, -0.2) is 19.7 Å². The fourth-order valence-corrected chi connectivity index (χ4v) is 2.22. The van der Waals surface area contributed by atoms with Gasteiger partial charge in [-0.25, -0.2) is 0 Å². The molecule has 0 bridgehead atoms. The van der Waals surface area contributed by atoms with E-state index in [9.17, 15) is 0 Å². The van der Waals surface area contributed by atoms with E-state index in [1.54, 1.807) is 0 Å². The molecule has 2 rings (SSSR count). The van der Waals surface area contributed by atoms with Gasteiger partial charge >= 0.3 is 0 Å². The zero-order valence-corrected chi connectivity index (χ0v) is 10.5. The Morgan fingerprint density at radius 3 is 2.69 bits per heavy atom. The quantitative estimate of drug-likeness (QED) is 0.794. The number of nitrogens with zero attached hydrogens (tertiary/aromatic N) is 1. The van der Waals surface area contributed by atoms with Gasteiger partial charge in [-0.15, -0.1) is 0 Å². The fourth-order valence-electron chi connectivity index (χ4n) is 1.99. The summed E-state index contributed by atoms with van der Waals surface area (Å²) in [5.41, 5.74) is 1.21. The molecule has 16 heavy (non-hydrogen) atoms. The third kappa shape index (κ3) is 2.62. The van der Waals surface area contributed by atoms with Crippen LogP contribution in [0.1, 0.15) is 26.2 Å². The van der Waals surface area contributed by atoms with Crippen LogP contribution in [-0.2, 0) is 0 Å². The maximum absolute atomic E-state index is 6.19. The number of halogens is 1. The van der Waals surface area contributed by atoms with Gasteiger partial charge in [0.15, 0.2) is 0 Å². The van der Waals surface area contributed by atoms with Crippen molar-refractivity contribution in [1.82, 2.24) is 0 Å². The summed E-state index contributed by atoms with van der Waals surface area (Å²) in [6, 6.07) is 6.09. The molecule has 1 saturated heterocycles. The van der Waals surface area contributed by atoms with Crippen molar-refractivity contribution in [3.63, 3.8) is 0 Å². The second-order valence-corrected chi connectivity index (χ2v) is 4.56. The molecule has 0 saturated carbocycles. The van der Waals surface area contributed by atoms with Crippen molar-refractivity contribution in [2.24, 2.45) is 0 Å². The topological polar surface area (TPSA) is 12.5 Å². The number of anilines is 1. The van der Waals surface area contributed by atoms with E-state index < -0.39 is 0 Å². The van der Waals surface area contributed by atoms with Gasteiger partial charge < -0.3 is 9.64 Å². The zero-order chi connectivity index (χ0) is 11.4. The van der Waals surface area contributed by atoms with Gasteiger partial charge in [0.2, 0.25) is 0 Å². The molecule has 1 aromatic rings. The lowest BCUT2D eigenvalue weighted by molar-refractivity contribution is 0.317. The normalized spacial score (nSPS) is 15.5. The first kappa shape index (κ1) is 11.6. The maximum Gasteiger partial charge on any atom is 0.138 e. The van der Waals surface area contributed by atoms with Crippen LogP contribution in [0.15, 0.2) is 18.2 Å². The monoisotopic (exact) mass is 239 g/mol. The Morgan fingerprint density at radius 2 is 2.06 bits per heavy atom. The summed E-state index contributed by atoms with van der Waals surface area (Å²) >= 11 is 6.19. The second-order valence-electron chi connectivity index (χ2n) is 4.16. The Hall–Kier alpha value is -0.890. The first-order valence-electron chi connectivity index (χ1n) is 5.98. The molecule has 2 nitrogen and oxygen atoms in total. The van der Waals surface area contributed by atoms with Crippen molar-refractivity contribution < 1.29 is 4.74 Å². The Balaban J connectivity index is 2.09. The molecular formula is C13H18ClNO. The van der Waals surface area contributed by atoms with Gasteiger partial charge in [0.05, 0.1) is 11.6 Å². The first-order chi connectivity index (χ1) is 7.81. The molecule has 3 heteroatoms. The Kier molecular flexibility index (Phi) is 3.94. The molecule has 88 valence electrons. The van der Waals surface area contributed by atoms with Gasteiger partial charge in [0.1, 0.15) is 5.75 Å². The largest absolute Gasteiger partial charge is 0.492 e. The van der Waals surface area contributed by atoms with Crippen molar-refractivity contribution in [1.29, 1.82) is 0 Å². The van der Waals surface area contributed by atoms with E-state index in [0.29, 0.717) is 0 Å². The van der Waals surface area contributed by atoms with Crippen LogP contribution in [0.25, 0.3) is 0 Å². The van der Waals surface area contributed by atoms with Crippen LogP contribution in [0.5, 0.6) is 5.75 Å². The second kappa shape index (κ2) is 5.44. The van der Waals surface area contributed by atoms with E-state index in [1.165, 1.54) is 18.5 Å². The van der Waals surface area contributed by atoms with E-state index >= 15 is 0 Å². The van der Waals surface area contributed by atoms with E-state index in [2.05, 4.69) is 17.9 Å². The number of rotatable bonds is 4. The highest BCUT2D eigenvalue weighted by Gasteiger charge is 2.13. The molecule has 1 aliphatic heterocycles. The van der Waals surface area contributed by atoms with Gasteiger partial charge in [0, 0.05) is 18.8 Å². The van der Waals surface area contributed by atoms with Gasteiger partial charge in [-0.1, -0.05) is 18.5 Å². The van der Waals surface area contributed by atoms with Gasteiger partial charge in [-0.2, -0.15) is 0 Å². The standard InChI is InChI=1S/C13H18ClNO/c1-2-9-16-13-6-5-11(10-12(13)14)15-7-3-4-8-15/h5-6,10H,2-4,7-9H2,1H3. The predicted molar refractivity (Wildman–Crippen MR) is 68.7 cm³/mol. The number of hydrogen-bond acceptors (Lipinski definition) is 2. The summed E-state index contributed by atoms with van der Waals surface area (Å²) in [5, 5.41) is 0.720. The molecule has 1 aliphatic rings. The smallest absolute Gasteiger partial charge is 0.138 e. The molecule has 0 N–H and O–H groups in total. The lowest BCUT2D eigenvalue weighted by atomic mass is 10.3. The van der Waals surface area contributed by atoms with Gasteiger partial charge in [-0.05, 0) is 37.5 Å². The number of ether oxygens (including phenoxy) is 1. The van der Waals surface area contributed by atoms with Crippen molar-refractivity contribution in [3.8, 4) is 5.75 Å². The van der Waals surface area contributed by atoms with Crippen molar-refractivity contribution in [2.75, 3.05) is 24.6 Å². The van der Waals surface area contributed by atoms with Crippen molar-refractivity contribution in [2.45, 2.75) is 26.2 Å².